The summed E-state index contributed by atoms with van der Waals surface area (Å²) in [5, 5.41) is 4.14. The first-order valence-electron chi connectivity index (χ1n) is 8.35. The smallest absolute Gasteiger partial charge is 0.0474 e. The summed E-state index contributed by atoms with van der Waals surface area (Å²) >= 11 is 6.48. The van der Waals surface area contributed by atoms with Crippen LogP contribution in [0.3, 0.4) is 0 Å². The Morgan fingerprint density at radius 2 is 1.81 bits per heavy atom. The minimum Gasteiger partial charge on any atom is -0.371 e. The molecule has 1 heterocycles. The molecule has 1 saturated carbocycles. The number of nitrogens with one attached hydrogen (secondary N) is 1. The van der Waals surface area contributed by atoms with Crippen molar-refractivity contribution in [3.05, 3.63) is 28.8 Å². The second kappa shape index (κ2) is 6.18. The maximum Gasteiger partial charge on any atom is 0.0474 e. The summed E-state index contributed by atoms with van der Waals surface area (Å²) in [6.45, 7) is 4.53. The van der Waals surface area contributed by atoms with Gasteiger partial charge in [0, 0.05) is 29.8 Å². The SMILES string of the molecule is CNC(C)c1ccc(N2CCC3(CCCC3)CC2)cc1Cl. The van der Waals surface area contributed by atoms with Crippen LogP contribution in [0.5, 0.6) is 0 Å². The van der Waals surface area contributed by atoms with Crippen LogP contribution in [0.2, 0.25) is 5.02 Å². The molecule has 1 spiro atoms. The summed E-state index contributed by atoms with van der Waals surface area (Å²) < 4.78 is 0. The molecule has 1 aliphatic heterocycles. The van der Waals surface area contributed by atoms with E-state index >= 15 is 0 Å². The van der Waals surface area contributed by atoms with Crippen LogP contribution >= 0.6 is 11.6 Å². The third-order valence-electron chi connectivity index (χ3n) is 5.74. The summed E-state index contributed by atoms with van der Waals surface area (Å²) in [7, 11) is 1.97. The minimum absolute atomic E-state index is 0.301. The number of hydrogen-bond donors (Lipinski definition) is 1. The molecule has 116 valence electrons. The number of piperidine rings is 1. The van der Waals surface area contributed by atoms with E-state index in [9.17, 15) is 0 Å². The van der Waals surface area contributed by atoms with Crippen LogP contribution in [0.15, 0.2) is 18.2 Å². The third-order valence-corrected chi connectivity index (χ3v) is 6.06. The molecule has 2 fully saturated rings. The molecular weight excluding hydrogens is 280 g/mol. The number of hydrogen-bond acceptors (Lipinski definition) is 2. The highest BCUT2D eigenvalue weighted by molar-refractivity contribution is 6.31. The van der Waals surface area contributed by atoms with Crippen molar-refractivity contribution in [2.24, 2.45) is 5.41 Å². The van der Waals surface area contributed by atoms with Gasteiger partial charge < -0.3 is 10.2 Å². The largest absolute Gasteiger partial charge is 0.371 e. The second-order valence-electron chi connectivity index (χ2n) is 6.91. The lowest BCUT2D eigenvalue weighted by Crippen LogP contribution is -2.38. The van der Waals surface area contributed by atoms with Gasteiger partial charge in [0.05, 0.1) is 0 Å². The van der Waals surface area contributed by atoms with Gasteiger partial charge >= 0.3 is 0 Å². The molecule has 1 saturated heterocycles. The van der Waals surface area contributed by atoms with Gasteiger partial charge in [-0.3, -0.25) is 0 Å². The standard InChI is InChI=1S/C18H27ClN2/c1-14(20-2)16-6-5-15(13-17(16)19)21-11-9-18(10-12-21)7-3-4-8-18/h5-6,13-14,20H,3-4,7-12H2,1-2H3. The first-order chi connectivity index (χ1) is 10.1. The van der Waals surface area contributed by atoms with E-state index in [2.05, 4.69) is 35.3 Å². The van der Waals surface area contributed by atoms with E-state index in [4.69, 9.17) is 11.6 Å². The van der Waals surface area contributed by atoms with E-state index in [-0.39, 0.29) is 0 Å². The molecule has 0 radical (unpaired) electrons. The van der Waals surface area contributed by atoms with Crippen molar-refractivity contribution in [3.63, 3.8) is 0 Å². The van der Waals surface area contributed by atoms with Gasteiger partial charge in [-0.2, -0.15) is 0 Å². The fraction of sp³-hybridized carbons (Fsp3) is 0.667. The Morgan fingerprint density at radius 1 is 1.14 bits per heavy atom. The normalized spacial score (nSPS) is 22.7. The third kappa shape index (κ3) is 3.07. The molecule has 3 heteroatoms. The summed E-state index contributed by atoms with van der Waals surface area (Å²) in [5.74, 6) is 0. The maximum atomic E-state index is 6.48. The topological polar surface area (TPSA) is 15.3 Å². The van der Waals surface area contributed by atoms with Gasteiger partial charge in [0.1, 0.15) is 0 Å². The molecule has 1 unspecified atom stereocenters. The molecule has 1 aromatic rings. The number of anilines is 1. The van der Waals surface area contributed by atoms with Gasteiger partial charge in [0.25, 0.3) is 0 Å². The Hall–Kier alpha value is -0.730. The quantitative estimate of drug-likeness (QED) is 0.864. The van der Waals surface area contributed by atoms with Crippen LogP contribution in [0.1, 0.15) is 57.1 Å². The fourth-order valence-corrected chi connectivity index (χ4v) is 4.42. The highest BCUT2D eigenvalue weighted by Crippen LogP contribution is 2.46. The second-order valence-corrected chi connectivity index (χ2v) is 7.32. The van der Waals surface area contributed by atoms with Gasteiger partial charge in [-0.1, -0.05) is 30.5 Å². The Bertz CT molecular complexity index is 484. The molecule has 1 aromatic carbocycles. The van der Waals surface area contributed by atoms with Gasteiger partial charge in [0.15, 0.2) is 0 Å². The minimum atomic E-state index is 0.301. The van der Waals surface area contributed by atoms with E-state index in [1.54, 1.807) is 0 Å². The van der Waals surface area contributed by atoms with Crippen LogP contribution < -0.4 is 10.2 Å². The van der Waals surface area contributed by atoms with Crippen molar-refractivity contribution in [1.29, 1.82) is 0 Å². The highest BCUT2D eigenvalue weighted by atomic mass is 35.5. The van der Waals surface area contributed by atoms with Gasteiger partial charge in [0.2, 0.25) is 0 Å². The molecule has 21 heavy (non-hydrogen) atoms. The Labute approximate surface area is 133 Å². The van der Waals surface area contributed by atoms with Crippen molar-refractivity contribution in [2.45, 2.75) is 51.5 Å². The van der Waals surface area contributed by atoms with E-state index in [1.165, 1.54) is 62.9 Å². The lowest BCUT2D eigenvalue weighted by molar-refractivity contribution is 0.226. The van der Waals surface area contributed by atoms with E-state index in [0.29, 0.717) is 11.5 Å². The van der Waals surface area contributed by atoms with Crippen LogP contribution in [0.4, 0.5) is 5.69 Å². The van der Waals surface area contributed by atoms with E-state index < -0.39 is 0 Å². The Balaban J connectivity index is 1.69. The van der Waals surface area contributed by atoms with Crippen molar-refractivity contribution < 1.29 is 0 Å². The maximum absolute atomic E-state index is 6.48. The molecule has 1 aliphatic carbocycles. The summed E-state index contributed by atoms with van der Waals surface area (Å²) in [6.07, 6.45) is 8.53. The van der Waals surface area contributed by atoms with Crippen LogP contribution in [-0.4, -0.2) is 20.1 Å². The lowest BCUT2D eigenvalue weighted by atomic mass is 9.77. The summed E-state index contributed by atoms with van der Waals surface area (Å²) in [4.78, 5) is 2.52. The predicted octanol–water partition coefficient (Wildman–Crippen LogP) is 4.78. The van der Waals surface area contributed by atoms with Gasteiger partial charge in [-0.15, -0.1) is 0 Å². The molecule has 1 N–H and O–H groups in total. The van der Waals surface area contributed by atoms with Crippen molar-refractivity contribution >= 4 is 17.3 Å². The van der Waals surface area contributed by atoms with Crippen molar-refractivity contribution in [3.8, 4) is 0 Å². The van der Waals surface area contributed by atoms with Gasteiger partial charge in [-0.25, -0.2) is 0 Å². The fourth-order valence-electron chi connectivity index (χ4n) is 4.08. The van der Waals surface area contributed by atoms with Crippen LogP contribution in [-0.2, 0) is 0 Å². The zero-order valence-electron chi connectivity index (χ0n) is 13.3. The van der Waals surface area contributed by atoms with Crippen LogP contribution in [0.25, 0.3) is 0 Å². The average molecular weight is 307 g/mol. The molecule has 2 aliphatic rings. The number of nitrogens with zero attached hydrogens (tertiary/aromatic N) is 1. The Morgan fingerprint density at radius 3 is 2.38 bits per heavy atom. The van der Waals surface area contributed by atoms with Crippen molar-refractivity contribution in [1.82, 2.24) is 5.32 Å². The molecule has 1 atom stereocenters. The molecular formula is C18H27ClN2. The van der Waals surface area contributed by atoms with E-state index in [1.807, 2.05) is 7.05 Å². The number of rotatable bonds is 3. The molecule has 0 amide bonds. The number of halogens is 1. The average Bonchev–Trinajstić information content (AvgIpc) is 2.95. The van der Waals surface area contributed by atoms with E-state index in [0.717, 1.165) is 5.02 Å². The Kier molecular flexibility index (Phi) is 4.46. The summed E-state index contributed by atoms with van der Waals surface area (Å²) in [6, 6.07) is 6.87. The monoisotopic (exact) mass is 306 g/mol. The van der Waals surface area contributed by atoms with Crippen molar-refractivity contribution in [2.75, 3.05) is 25.0 Å². The molecule has 0 aromatic heterocycles. The number of benzene rings is 1. The first kappa shape index (κ1) is 15.2. The molecule has 3 rings (SSSR count). The first-order valence-corrected chi connectivity index (χ1v) is 8.73. The summed E-state index contributed by atoms with van der Waals surface area (Å²) in [5.41, 5.74) is 3.16. The highest BCUT2D eigenvalue weighted by Gasteiger charge is 2.36. The molecule has 2 nitrogen and oxygen atoms in total. The predicted molar refractivity (Wildman–Crippen MR) is 91.3 cm³/mol. The molecule has 0 bridgehead atoms. The zero-order chi connectivity index (χ0) is 14.9. The van der Waals surface area contributed by atoms with Gasteiger partial charge in [-0.05, 0) is 62.8 Å². The van der Waals surface area contributed by atoms with Crippen LogP contribution in [0, 0.1) is 5.41 Å². The lowest BCUT2D eigenvalue weighted by Gasteiger charge is -2.40. The zero-order valence-corrected chi connectivity index (χ0v) is 14.0.